The highest BCUT2D eigenvalue weighted by atomic mass is 32.1. The minimum absolute atomic E-state index is 0.551. The molecule has 3 rings (SSSR count). The summed E-state index contributed by atoms with van der Waals surface area (Å²) in [4.78, 5) is 0. The number of nitrogens with one attached hydrogen (secondary N) is 2. The lowest BCUT2D eigenvalue weighted by atomic mass is 10.1. The Kier molecular flexibility index (Phi) is 4.91. The second-order valence-corrected chi connectivity index (χ2v) is 6.27. The van der Waals surface area contributed by atoms with E-state index in [0.717, 1.165) is 17.9 Å². The molecule has 1 heterocycles. The van der Waals surface area contributed by atoms with Gasteiger partial charge in [-0.2, -0.15) is 5.10 Å². The van der Waals surface area contributed by atoms with E-state index in [2.05, 4.69) is 66.0 Å². The number of thiocarbonyl (C=S) groups is 1. The summed E-state index contributed by atoms with van der Waals surface area (Å²) in [5.41, 5.74) is 5.50. The van der Waals surface area contributed by atoms with Gasteiger partial charge in [0.05, 0.1) is 18.4 Å². The summed E-state index contributed by atoms with van der Waals surface area (Å²) in [6.45, 7) is 4.87. The molecule has 2 aromatic carbocycles. The Hall–Kier alpha value is -2.66. The van der Waals surface area contributed by atoms with Gasteiger partial charge in [-0.25, -0.2) is 0 Å². The van der Waals surface area contributed by atoms with E-state index >= 15 is 0 Å². The molecule has 5 heteroatoms. The summed E-state index contributed by atoms with van der Waals surface area (Å²) < 4.78 is 1.89. The highest BCUT2D eigenvalue weighted by molar-refractivity contribution is 7.80. The Balaban J connectivity index is 1.59. The van der Waals surface area contributed by atoms with E-state index in [1.54, 1.807) is 6.20 Å². The fourth-order valence-electron chi connectivity index (χ4n) is 2.41. The zero-order valence-electron chi connectivity index (χ0n) is 13.8. The largest absolute Gasteiger partial charge is 0.332 e. The van der Waals surface area contributed by atoms with E-state index in [0.29, 0.717) is 5.11 Å². The van der Waals surface area contributed by atoms with Gasteiger partial charge in [0.15, 0.2) is 5.11 Å². The van der Waals surface area contributed by atoms with E-state index in [4.69, 9.17) is 12.2 Å². The minimum Gasteiger partial charge on any atom is -0.332 e. The maximum absolute atomic E-state index is 5.36. The first kappa shape index (κ1) is 16.2. The van der Waals surface area contributed by atoms with E-state index in [-0.39, 0.29) is 0 Å². The molecule has 0 bridgehead atoms. The maximum Gasteiger partial charge on any atom is 0.175 e. The van der Waals surface area contributed by atoms with Crippen molar-refractivity contribution in [3.63, 3.8) is 0 Å². The summed E-state index contributed by atoms with van der Waals surface area (Å²) in [6, 6.07) is 16.5. The molecule has 0 saturated carbocycles. The second-order valence-electron chi connectivity index (χ2n) is 5.86. The van der Waals surface area contributed by atoms with Gasteiger partial charge in [-0.05, 0) is 49.3 Å². The smallest absolute Gasteiger partial charge is 0.175 e. The summed E-state index contributed by atoms with van der Waals surface area (Å²) >= 11 is 5.36. The summed E-state index contributed by atoms with van der Waals surface area (Å²) in [7, 11) is 0. The monoisotopic (exact) mass is 336 g/mol. The van der Waals surface area contributed by atoms with Crippen molar-refractivity contribution in [2.75, 3.05) is 10.6 Å². The molecular formula is C19H20N4S. The lowest BCUT2D eigenvalue weighted by Gasteiger charge is -2.09. The first-order chi connectivity index (χ1) is 11.6. The Morgan fingerprint density at radius 1 is 1.00 bits per heavy atom. The molecule has 0 aliphatic rings. The predicted octanol–water partition coefficient (Wildman–Crippen LogP) is 4.36. The number of rotatable bonds is 4. The van der Waals surface area contributed by atoms with Crippen molar-refractivity contribution in [1.29, 1.82) is 0 Å². The van der Waals surface area contributed by atoms with Crippen molar-refractivity contribution in [3.05, 3.63) is 77.6 Å². The molecule has 0 aliphatic heterocycles. The molecule has 0 saturated heterocycles. The van der Waals surface area contributed by atoms with Crippen LogP contribution in [0.2, 0.25) is 0 Å². The van der Waals surface area contributed by atoms with Crippen LogP contribution in [0, 0.1) is 13.8 Å². The van der Waals surface area contributed by atoms with Crippen molar-refractivity contribution in [3.8, 4) is 0 Å². The Bertz CT molecular complexity index is 837. The van der Waals surface area contributed by atoms with E-state index < -0.39 is 0 Å². The normalized spacial score (nSPS) is 10.4. The third-order valence-electron chi connectivity index (χ3n) is 3.63. The van der Waals surface area contributed by atoms with Crippen LogP contribution >= 0.6 is 12.2 Å². The molecule has 2 N–H and O–H groups in total. The molecule has 24 heavy (non-hydrogen) atoms. The van der Waals surface area contributed by atoms with Crippen molar-refractivity contribution < 1.29 is 0 Å². The average molecular weight is 336 g/mol. The minimum atomic E-state index is 0.551. The van der Waals surface area contributed by atoms with Crippen LogP contribution in [0.1, 0.15) is 16.7 Å². The SMILES string of the molecule is Cc1ccc(Cn2cc(NC(=S)Nc3cccc(C)c3)cn2)cc1. The van der Waals surface area contributed by atoms with E-state index in [1.807, 2.05) is 23.0 Å². The third kappa shape index (κ3) is 4.43. The van der Waals surface area contributed by atoms with E-state index in [1.165, 1.54) is 16.7 Å². The van der Waals surface area contributed by atoms with Crippen LogP contribution in [0.5, 0.6) is 0 Å². The lowest BCUT2D eigenvalue weighted by Crippen LogP contribution is -2.18. The number of hydrogen-bond acceptors (Lipinski definition) is 2. The topological polar surface area (TPSA) is 41.9 Å². The van der Waals surface area contributed by atoms with Crippen LogP contribution in [0.15, 0.2) is 60.9 Å². The van der Waals surface area contributed by atoms with Crippen LogP contribution in [0.3, 0.4) is 0 Å². The lowest BCUT2D eigenvalue weighted by molar-refractivity contribution is 0.687. The molecule has 0 radical (unpaired) electrons. The van der Waals surface area contributed by atoms with Crippen molar-refractivity contribution >= 4 is 28.7 Å². The fraction of sp³-hybridized carbons (Fsp3) is 0.158. The number of aromatic nitrogens is 2. The van der Waals surface area contributed by atoms with Crippen LogP contribution in [-0.2, 0) is 6.54 Å². The molecule has 122 valence electrons. The highest BCUT2D eigenvalue weighted by Crippen LogP contribution is 2.12. The quantitative estimate of drug-likeness (QED) is 0.695. The first-order valence-electron chi connectivity index (χ1n) is 7.81. The van der Waals surface area contributed by atoms with Crippen LogP contribution < -0.4 is 10.6 Å². The van der Waals surface area contributed by atoms with Crippen molar-refractivity contribution in [2.45, 2.75) is 20.4 Å². The molecular weight excluding hydrogens is 316 g/mol. The third-order valence-corrected chi connectivity index (χ3v) is 3.84. The van der Waals surface area contributed by atoms with Gasteiger partial charge >= 0.3 is 0 Å². The Morgan fingerprint density at radius 3 is 2.50 bits per heavy atom. The second kappa shape index (κ2) is 7.27. The standard InChI is InChI=1S/C19H20N4S/c1-14-6-8-16(9-7-14)12-23-13-18(11-20-23)22-19(24)21-17-5-3-4-15(2)10-17/h3-11,13H,12H2,1-2H3,(H2,21,22,24). The van der Waals surface area contributed by atoms with Crippen LogP contribution in [-0.4, -0.2) is 14.9 Å². The summed E-state index contributed by atoms with van der Waals surface area (Å²) in [6.07, 6.45) is 3.72. The number of benzene rings is 2. The summed E-state index contributed by atoms with van der Waals surface area (Å²) in [5, 5.41) is 11.3. The van der Waals surface area contributed by atoms with E-state index in [9.17, 15) is 0 Å². The predicted molar refractivity (Wildman–Crippen MR) is 104 cm³/mol. The maximum atomic E-state index is 5.36. The number of anilines is 2. The molecule has 4 nitrogen and oxygen atoms in total. The van der Waals surface area contributed by atoms with Gasteiger partial charge in [0.2, 0.25) is 0 Å². The number of aryl methyl sites for hydroxylation is 2. The highest BCUT2D eigenvalue weighted by Gasteiger charge is 2.03. The average Bonchev–Trinajstić information content (AvgIpc) is 2.96. The van der Waals surface area contributed by atoms with Gasteiger partial charge in [-0.15, -0.1) is 0 Å². The summed E-state index contributed by atoms with van der Waals surface area (Å²) in [5.74, 6) is 0. The van der Waals surface area contributed by atoms with Gasteiger partial charge in [-0.3, -0.25) is 4.68 Å². The molecule has 0 atom stereocenters. The molecule has 0 unspecified atom stereocenters. The Morgan fingerprint density at radius 2 is 1.75 bits per heavy atom. The molecule has 0 fully saturated rings. The molecule has 0 spiro atoms. The van der Waals surface area contributed by atoms with Gasteiger partial charge in [-0.1, -0.05) is 42.0 Å². The number of nitrogens with zero attached hydrogens (tertiary/aromatic N) is 2. The zero-order valence-corrected chi connectivity index (χ0v) is 14.6. The van der Waals surface area contributed by atoms with Crippen LogP contribution in [0.25, 0.3) is 0 Å². The van der Waals surface area contributed by atoms with Crippen molar-refractivity contribution in [2.24, 2.45) is 0 Å². The van der Waals surface area contributed by atoms with Crippen LogP contribution in [0.4, 0.5) is 11.4 Å². The molecule has 3 aromatic rings. The van der Waals surface area contributed by atoms with Gasteiger partial charge in [0.1, 0.15) is 0 Å². The molecule has 0 amide bonds. The molecule has 0 aliphatic carbocycles. The van der Waals surface area contributed by atoms with Gasteiger partial charge < -0.3 is 10.6 Å². The Labute approximate surface area is 147 Å². The number of hydrogen-bond donors (Lipinski definition) is 2. The zero-order chi connectivity index (χ0) is 16.9. The fourth-order valence-corrected chi connectivity index (χ4v) is 2.65. The van der Waals surface area contributed by atoms with Crippen molar-refractivity contribution in [1.82, 2.24) is 9.78 Å². The van der Waals surface area contributed by atoms with Gasteiger partial charge in [0, 0.05) is 11.9 Å². The first-order valence-corrected chi connectivity index (χ1v) is 8.22. The van der Waals surface area contributed by atoms with Gasteiger partial charge in [0.25, 0.3) is 0 Å². The molecule has 1 aromatic heterocycles.